The third kappa shape index (κ3) is 3.47. The standard InChI is InChI=1S/C15H17NO2S/c1-10-7-14(17)13(15(18)8-10)9-16-11-3-5-12(19-2)6-4-11/h3-6,9-10,17H,7-8H2,1-2H3. The van der Waals surface area contributed by atoms with Gasteiger partial charge in [0.05, 0.1) is 11.3 Å². The highest BCUT2D eigenvalue weighted by atomic mass is 32.2. The second-order valence-corrected chi connectivity index (χ2v) is 5.63. The molecule has 0 amide bonds. The van der Waals surface area contributed by atoms with Crippen LogP contribution in [0.1, 0.15) is 19.8 Å². The Hall–Kier alpha value is -1.55. The number of hydrogen-bond donors (Lipinski definition) is 1. The van der Waals surface area contributed by atoms with E-state index in [1.54, 1.807) is 11.8 Å². The first kappa shape index (κ1) is 13.9. The van der Waals surface area contributed by atoms with Crippen LogP contribution in [-0.4, -0.2) is 23.4 Å². The van der Waals surface area contributed by atoms with Crippen molar-refractivity contribution in [2.45, 2.75) is 24.7 Å². The van der Waals surface area contributed by atoms with Crippen LogP contribution in [0.3, 0.4) is 0 Å². The van der Waals surface area contributed by atoms with Gasteiger partial charge in [-0.15, -0.1) is 11.8 Å². The van der Waals surface area contributed by atoms with Crippen LogP contribution >= 0.6 is 11.8 Å². The minimum absolute atomic E-state index is 0.0271. The van der Waals surface area contributed by atoms with Crippen molar-refractivity contribution >= 4 is 29.4 Å². The molecule has 1 aliphatic rings. The van der Waals surface area contributed by atoms with Crippen molar-refractivity contribution in [3.05, 3.63) is 35.6 Å². The van der Waals surface area contributed by atoms with Crippen LogP contribution in [0.4, 0.5) is 5.69 Å². The van der Waals surface area contributed by atoms with Crippen LogP contribution in [0.25, 0.3) is 0 Å². The van der Waals surface area contributed by atoms with E-state index in [9.17, 15) is 9.90 Å². The maximum absolute atomic E-state index is 11.8. The van der Waals surface area contributed by atoms with Gasteiger partial charge < -0.3 is 5.11 Å². The van der Waals surface area contributed by atoms with Crippen LogP contribution in [0, 0.1) is 5.92 Å². The Bertz CT molecular complexity index is 532. The zero-order valence-corrected chi connectivity index (χ0v) is 11.9. The Labute approximate surface area is 117 Å². The summed E-state index contributed by atoms with van der Waals surface area (Å²) in [5.74, 6) is 0.347. The molecule has 1 aromatic carbocycles. The molecule has 100 valence electrons. The number of rotatable bonds is 3. The fraction of sp³-hybridized carbons (Fsp3) is 0.333. The predicted molar refractivity (Wildman–Crippen MR) is 79.4 cm³/mol. The number of carbonyl (C=O) groups excluding carboxylic acids is 1. The summed E-state index contributed by atoms with van der Waals surface area (Å²) in [6.45, 7) is 1.96. The Morgan fingerprint density at radius 3 is 2.58 bits per heavy atom. The minimum Gasteiger partial charge on any atom is -0.511 e. The summed E-state index contributed by atoms with van der Waals surface area (Å²) in [4.78, 5) is 17.3. The normalized spacial score (nSPS) is 20.3. The summed E-state index contributed by atoms with van der Waals surface area (Å²) < 4.78 is 0. The number of carbonyl (C=O) groups is 1. The van der Waals surface area contributed by atoms with Gasteiger partial charge in [0.1, 0.15) is 5.76 Å². The second kappa shape index (κ2) is 6.06. The van der Waals surface area contributed by atoms with Gasteiger partial charge in [-0.1, -0.05) is 6.92 Å². The Morgan fingerprint density at radius 1 is 1.32 bits per heavy atom. The van der Waals surface area contributed by atoms with Crippen molar-refractivity contribution in [1.82, 2.24) is 0 Å². The second-order valence-electron chi connectivity index (χ2n) is 4.75. The maximum atomic E-state index is 11.8. The molecule has 3 nitrogen and oxygen atoms in total. The highest BCUT2D eigenvalue weighted by molar-refractivity contribution is 7.98. The molecule has 19 heavy (non-hydrogen) atoms. The van der Waals surface area contributed by atoms with Gasteiger partial charge in [0.2, 0.25) is 0 Å². The molecule has 0 fully saturated rings. The number of ketones is 1. The van der Waals surface area contributed by atoms with Crippen LogP contribution in [0.15, 0.2) is 45.5 Å². The number of aliphatic hydroxyl groups excluding tert-OH is 1. The third-order valence-electron chi connectivity index (χ3n) is 3.10. The first-order valence-corrected chi connectivity index (χ1v) is 7.46. The number of nitrogens with zero attached hydrogens (tertiary/aromatic N) is 1. The molecule has 0 radical (unpaired) electrons. The van der Waals surface area contributed by atoms with E-state index in [-0.39, 0.29) is 17.5 Å². The molecule has 0 spiro atoms. The SMILES string of the molecule is CSc1ccc(N=CC2=C(O)CC(C)CC2=O)cc1. The molecule has 1 atom stereocenters. The molecule has 0 saturated heterocycles. The molecule has 2 rings (SSSR count). The van der Waals surface area contributed by atoms with Crippen LogP contribution < -0.4 is 0 Å². The van der Waals surface area contributed by atoms with E-state index < -0.39 is 0 Å². The van der Waals surface area contributed by atoms with Crippen molar-refractivity contribution in [3.8, 4) is 0 Å². The van der Waals surface area contributed by atoms with E-state index >= 15 is 0 Å². The lowest BCUT2D eigenvalue weighted by atomic mass is 9.89. The first-order chi connectivity index (χ1) is 9.10. The van der Waals surface area contributed by atoms with Crippen LogP contribution in [0.2, 0.25) is 0 Å². The third-order valence-corrected chi connectivity index (χ3v) is 3.85. The number of hydrogen-bond acceptors (Lipinski definition) is 4. The molecule has 1 aliphatic carbocycles. The fourth-order valence-corrected chi connectivity index (χ4v) is 2.46. The number of aliphatic imine (C=N–C) groups is 1. The fourth-order valence-electron chi connectivity index (χ4n) is 2.05. The molecule has 0 aromatic heterocycles. The van der Waals surface area contributed by atoms with Gasteiger partial charge in [-0.05, 0) is 36.4 Å². The van der Waals surface area contributed by atoms with E-state index in [0.29, 0.717) is 18.4 Å². The molecular formula is C15H17NO2S. The van der Waals surface area contributed by atoms with Crippen molar-refractivity contribution in [1.29, 1.82) is 0 Å². The number of aliphatic hydroxyl groups is 1. The molecule has 1 aromatic rings. The van der Waals surface area contributed by atoms with Crippen molar-refractivity contribution in [3.63, 3.8) is 0 Å². The predicted octanol–water partition coefficient (Wildman–Crippen LogP) is 3.92. The lowest BCUT2D eigenvalue weighted by molar-refractivity contribution is -0.116. The van der Waals surface area contributed by atoms with Gasteiger partial charge in [0.25, 0.3) is 0 Å². The lowest BCUT2D eigenvalue weighted by Gasteiger charge is -2.17. The van der Waals surface area contributed by atoms with Crippen molar-refractivity contribution < 1.29 is 9.90 Å². The monoisotopic (exact) mass is 275 g/mol. The zero-order valence-electron chi connectivity index (χ0n) is 11.1. The molecule has 0 heterocycles. The lowest BCUT2D eigenvalue weighted by Crippen LogP contribution is -2.18. The molecule has 0 saturated carbocycles. The summed E-state index contributed by atoms with van der Waals surface area (Å²) in [5.41, 5.74) is 1.14. The summed E-state index contributed by atoms with van der Waals surface area (Å²) in [6, 6.07) is 7.76. The zero-order chi connectivity index (χ0) is 13.8. The van der Waals surface area contributed by atoms with Gasteiger partial charge >= 0.3 is 0 Å². The van der Waals surface area contributed by atoms with E-state index in [1.807, 2.05) is 37.4 Å². The summed E-state index contributed by atoms with van der Waals surface area (Å²) >= 11 is 1.67. The minimum atomic E-state index is -0.0271. The van der Waals surface area contributed by atoms with Gasteiger partial charge in [0.15, 0.2) is 5.78 Å². The van der Waals surface area contributed by atoms with Gasteiger partial charge in [-0.3, -0.25) is 9.79 Å². The van der Waals surface area contributed by atoms with E-state index in [0.717, 1.165) is 5.69 Å². The number of thioether (sulfide) groups is 1. The van der Waals surface area contributed by atoms with E-state index in [1.165, 1.54) is 11.1 Å². The first-order valence-electron chi connectivity index (χ1n) is 6.23. The maximum Gasteiger partial charge on any atom is 0.168 e. The van der Waals surface area contributed by atoms with E-state index in [4.69, 9.17) is 0 Å². The summed E-state index contributed by atoms with van der Waals surface area (Å²) in [5, 5.41) is 9.83. The van der Waals surface area contributed by atoms with Crippen molar-refractivity contribution in [2.24, 2.45) is 10.9 Å². The smallest absolute Gasteiger partial charge is 0.168 e. The summed E-state index contributed by atoms with van der Waals surface area (Å²) in [6.07, 6.45) is 4.54. The molecule has 4 heteroatoms. The number of benzene rings is 1. The van der Waals surface area contributed by atoms with E-state index in [2.05, 4.69) is 4.99 Å². The molecule has 1 unspecified atom stereocenters. The van der Waals surface area contributed by atoms with Crippen LogP contribution in [-0.2, 0) is 4.79 Å². The van der Waals surface area contributed by atoms with Gasteiger partial charge in [-0.25, -0.2) is 0 Å². The van der Waals surface area contributed by atoms with Gasteiger partial charge in [-0.2, -0.15) is 0 Å². The average molecular weight is 275 g/mol. The topological polar surface area (TPSA) is 49.7 Å². The molecule has 0 aliphatic heterocycles. The number of Topliss-reactive ketones (excluding diaryl/α,β-unsaturated/α-hetero) is 1. The highest BCUT2D eigenvalue weighted by Gasteiger charge is 2.23. The molecule has 1 N–H and O–H groups in total. The molecule has 0 bridgehead atoms. The Morgan fingerprint density at radius 2 is 2.00 bits per heavy atom. The number of allylic oxidation sites excluding steroid dienone is 2. The van der Waals surface area contributed by atoms with Gasteiger partial charge in [0, 0.05) is 24.0 Å². The quantitative estimate of drug-likeness (QED) is 0.672. The highest BCUT2D eigenvalue weighted by Crippen LogP contribution is 2.25. The Balaban J connectivity index is 2.17. The van der Waals surface area contributed by atoms with Crippen LogP contribution in [0.5, 0.6) is 0 Å². The average Bonchev–Trinajstić information content (AvgIpc) is 2.38. The Kier molecular flexibility index (Phi) is 4.43. The van der Waals surface area contributed by atoms with Crippen molar-refractivity contribution in [2.75, 3.05) is 6.26 Å². The largest absolute Gasteiger partial charge is 0.511 e. The molecular weight excluding hydrogens is 258 g/mol. The summed E-state index contributed by atoms with van der Waals surface area (Å²) in [7, 11) is 0.